The third kappa shape index (κ3) is 5.89. The number of amidine groups is 1. The number of carbonyl (C=O) groups excluding carboxylic acids is 1. The van der Waals surface area contributed by atoms with Crippen LogP contribution in [0.5, 0.6) is 0 Å². The van der Waals surface area contributed by atoms with Crippen LogP contribution in [0, 0.1) is 5.82 Å². The van der Waals surface area contributed by atoms with E-state index in [2.05, 4.69) is 15.3 Å². The third-order valence-electron chi connectivity index (χ3n) is 5.59. The van der Waals surface area contributed by atoms with Crippen LogP contribution in [-0.2, 0) is 19.1 Å². The lowest BCUT2D eigenvalue weighted by atomic mass is 9.95. The summed E-state index contributed by atoms with van der Waals surface area (Å²) < 4.78 is 38.9. The molecule has 192 valence electrons. The first-order valence-corrected chi connectivity index (χ1v) is 12.3. The molecule has 36 heavy (non-hydrogen) atoms. The maximum Gasteiger partial charge on any atom is 0.338 e. The Labute approximate surface area is 214 Å². The van der Waals surface area contributed by atoms with Crippen LogP contribution in [0.2, 0.25) is 5.02 Å². The van der Waals surface area contributed by atoms with Gasteiger partial charge in [0.2, 0.25) is 0 Å². The monoisotopic (exact) mass is 540 g/mol. The number of hydrogen-bond donors (Lipinski definition) is 2. The average Bonchev–Trinajstić information content (AvgIpc) is 3.47. The number of hydrogen-bond acceptors (Lipinski definition) is 9. The molecule has 3 heterocycles. The van der Waals surface area contributed by atoms with Gasteiger partial charge in [0, 0.05) is 47.5 Å². The first-order chi connectivity index (χ1) is 17.3. The Morgan fingerprint density at radius 2 is 2.17 bits per heavy atom. The van der Waals surface area contributed by atoms with Gasteiger partial charge in [0.1, 0.15) is 30.7 Å². The third-order valence-corrected chi connectivity index (χ3v) is 6.70. The van der Waals surface area contributed by atoms with Gasteiger partial charge in [-0.15, -0.1) is 11.3 Å². The number of aliphatic imine (C=N–C) groups is 1. The highest BCUT2D eigenvalue weighted by molar-refractivity contribution is 7.11. The van der Waals surface area contributed by atoms with Crippen LogP contribution in [0.4, 0.5) is 8.78 Å². The molecule has 1 saturated heterocycles. The highest BCUT2D eigenvalue weighted by Gasteiger charge is 2.38. The number of likely N-dealkylation sites (tertiary alicyclic amines) is 1. The van der Waals surface area contributed by atoms with Crippen molar-refractivity contribution in [1.82, 2.24) is 15.2 Å². The normalized spacial score (nSPS) is 22.3. The fourth-order valence-electron chi connectivity index (χ4n) is 4.06. The van der Waals surface area contributed by atoms with Gasteiger partial charge in [0.05, 0.1) is 12.2 Å². The van der Waals surface area contributed by atoms with E-state index in [1.165, 1.54) is 23.5 Å². The number of aromatic nitrogens is 1. The maximum atomic E-state index is 14.6. The summed E-state index contributed by atoms with van der Waals surface area (Å²) in [6.07, 6.45) is -0.729. The Kier molecular flexibility index (Phi) is 8.29. The molecule has 0 radical (unpaired) electrons. The zero-order valence-corrected chi connectivity index (χ0v) is 20.7. The highest BCUT2D eigenvalue weighted by Crippen LogP contribution is 2.37. The fourth-order valence-corrected chi connectivity index (χ4v) is 4.92. The van der Waals surface area contributed by atoms with Crippen molar-refractivity contribution in [2.24, 2.45) is 4.99 Å². The fraction of sp³-hybridized carbons (Fsp3) is 0.391. The minimum atomic E-state index is -1.41. The molecule has 1 aromatic heterocycles. The van der Waals surface area contributed by atoms with E-state index in [1.54, 1.807) is 23.4 Å². The minimum absolute atomic E-state index is 0.0305. The first-order valence-electron chi connectivity index (χ1n) is 11.1. The first kappa shape index (κ1) is 26.1. The number of aliphatic carboxylic acids is 1. The zero-order chi connectivity index (χ0) is 25.8. The summed E-state index contributed by atoms with van der Waals surface area (Å²) in [5.74, 6) is -2.01. The minimum Gasteiger partial charge on any atom is -0.480 e. The number of carboxylic acid groups (broad SMARTS) is 1. The molecule has 0 saturated carbocycles. The molecule has 1 aromatic carbocycles. The van der Waals surface area contributed by atoms with E-state index >= 15 is 0 Å². The Morgan fingerprint density at radius 3 is 2.83 bits per heavy atom. The van der Waals surface area contributed by atoms with Gasteiger partial charge in [0.25, 0.3) is 0 Å². The van der Waals surface area contributed by atoms with Crippen LogP contribution in [-0.4, -0.2) is 77.9 Å². The van der Waals surface area contributed by atoms with Crippen molar-refractivity contribution in [3.8, 4) is 0 Å². The van der Waals surface area contributed by atoms with Crippen LogP contribution in [0.15, 0.2) is 46.0 Å². The molecular weight excluding hydrogens is 518 g/mol. The van der Waals surface area contributed by atoms with Crippen molar-refractivity contribution in [3.63, 3.8) is 0 Å². The number of carboxylic acids is 1. The summed E-state index contributed by atoms with van der Waals surface area (Å²) in [5, 5.41) is 14.4. The summed E-state index contributed by atoms with van der Waals surface area (Å²) in [5.41, 5.74) is 0.933. The molecule has 3 atom stereocenters. The number of ether oxygens (including phenoxy) is 2. The molecule has 2 N–H and O–H groups in total. The molecular formula is C23H23ClF2N4O5S. The Morgan fingerprint density at radius 1 is 1.36 bits per heavy atom. The van der Waals surface area contributed by atoms with Gasteiger partial charge >= 0.3 is 11.9 Å². The van der Waals surface area contributed by atoms with Crippen molar-refractivity contribution in [2.75, 3.05) is 32.8 Å². The van der Waals surface area contributed by atoms with E-state index in [9.17, 15) is 18.4 Å². The number of thiazole rings is 1. The van der Waals surface area contributed by atoms with E-state index in [-0.39, 0.29) is 36.8 Å². The van der Waals surface area contributed by atoms with E-state index in [0.717, 1.165) is 6.07 Å². The van der Waals surface area contributed by atoms with E-state index in [1.807, 2.05) is 0 Å². The SMILES string of the molecule is CCOC(=O)C1=C(CN2CC(F)C(OCC(=O)O)C2)NC(c2nccs2)=NC1c1ccc(F)cc1Cl. The summed E-state index contributed by atoms with van der Waals surface area (Å²) >= 11 is 7.68. The number of nitrogens with one attached hydrogen (secondary N) is 1. The number of carbonyl (C=O) groups is 2. The summed E-state index contributed by atoms with van der Waals surface area (Å²) in [7, 11) is 0. The smallest absolute Gasteiger partial charge is 0.338 e. The van der Waals surface area contributed by atoms with E-state index < -0.39 is 42.7 Å². The van der Waals surface area contributed by atoms with Gasteiger partial charge in [-0.1, -0.05) is 17.7 Å². The highest BCUT2D eigenvalue weighted by atomic mass is 35.5. The van der Waals surface area contributed by atoms with Crippen molar-refractivity contribution in [1.29, 1.82) is 0 Å². The number of esters is 1. The second kappa shape index (κ2) is 11.4. The van der Waals surface area contributed by atoms with Crippen LogP contribution >= 0.6 is 22.9 Å². The van der Waals surface area contributed by atoms with Crippen LogP contribution in [0.25, 0.3) is 0 Å². The van der Waals surface area contributed by atoms with Crippen LogP contribution in [0.3, 0.4) is 0 Å². The van der Waals surface area contributed by atoms with Crippen LogP contribution < -0.4 is 5.32 Å². The Bertz CT molecular complexity index is 1190. The summed E-state index contributed by atoms with van der Waals surface area (Å²) in [6, 6.07) is 2.88. The zero-order valence-electron chi connectivity index (χ0n) is 19.1. The number of halogens is 3. The second-order valence-corrected chi connectivity index (χ2v) is 9.38. The summed E-state index contributed by atoms with van der Waals surface area (Å²) in [4.78, 5) is 34.6. The van der Waals surface area contributed by atoms with Crippen molar-refractivity contribution in [3.05, 3.63) is 62.5 Å². The summed E-state index contributed by atoms with van der Waals surface area (Å²) in [6.45, 7) is 1.32. The predicted octanol–water partition coefficient (Wildman–Crippen LogP) is 2.97. The van der Waals surface area contributed by atoms with Crippen molar-refractivity contribution in [2.45, 2.75) is 25.2 Å². The van der Waals surface area contributed by atoms with E-state index in [4.69, 9.17) is 26.2 Å². The number of nitrogens with zero attached hydrogens (tertiary/aromatic N) is 3. The van der Waals surface area contributed by atoms with Crippen LogP contribution in [0.1, 0.15) is 23.5 Å². The molecule has 0 aliphatic carbocycles. The number of rotatable bonds is 9. The van der Waals surface area contributed by atoms with Gasteiger partial charge in [-0.2, -0.15) is 0 Å². The van der Waals surface area contributed by atoms with Gasteiger partial charge in [-0.05, 0) is 19.1 Å². The quantitative estimate of drug-likeness (QED) is 0.467. The lowest BCUT2D eigenvalue weighted by Crippen LogP contribution is -2.39. The Hall–Kier alpha value is -2.93. The molecule has 1 fully saturated rings. The average molecular weight is 541 g/mol. The molecule has 3 unspecified atom stereocenters. The van der Waals surface area contributed by atoms with Gasteiger partial charge in [-0.3, -0.25) is 9.89 Å². The number of benzene rings is 1. The topological polar surface area (TPSA) is 113 Å². The molecule has 4 rings (SSSR count). The predicted molar refractivity (Wildman–Crippen MR) is 128 cm³/mol. The molecule has 2 aromatic rings. The second-order valence-electron chi connectivity index (χ2n) is 8.07. The molecule has 0 amide bonds. The molecule has 2 aliphatic heterocycles. The van der Waals surface area contributed by atoms with Gasteiger partial charge < -0.3 is 19.9 Å². The van der Waals surface area contributed by atoms with E-state index in [0.29, 0.717) is 22.1 Å². The van der Waals surface area contributed by atoms with Crippen molar-refractivity contribution < 1.29 is 33.0 Å². The Balaban J connectivity index is 1.72. The molecule has 13 heteroatoms. The molecule has 2 aliphatic rings. The molecule has 0 spiro atoms. The largest absolute Gasteiger partial charge is 0.480 e. The van der Waals surface area contributed by atoms with Crippen molar-refractivity contribution >= 4 is 40.7 Å². The van der Waals surface area contributed by atoms with Gasteiger partial charge in [0.15, 0.2) is 10.8 Å². The lowest BCUT2D eigenvalue weighted by molar-refractivity contribution is -0.145. The molecule has 0 bridgehead atoms. The van der Waals surface area contributed by atoms with Gasteiger partial charge in [-0.25, -0.2) is 23.4 Å². The lowest BCUT2D eigenvalue weighted by Gasteiger charge is -2.29. The maximum absolute atomic E-state index is 14.6. The number of alkyl halides is 1. The molecule has 9 nitrogen and oxygen atoms in total. The standard InChI is InChI=1S/C23H23ClF2N4O5S/c1-2-34-23(33)19-16(9-30-8-15(26)17(10-30)35-11-18(31)32)28-21(22-27-5-6-36-22)29-20(19)13-4-3-12(25)7-14(13)24/h3-7,15,17,20H,2,8-11H2,1H3,(H,28,29)(H,31,32).